The summed E-state index contributed by atoms with van der Waals surface area (Å²) in [4.78, 5) is 25.5. The van der Waals surface area contributed by atoms with Crippen molar-refractivity contribution < 1.29 is 31.1 Å². The number of nitrogens with one attached hydrogen (secondary N) is 1. The van der Waals surface area contributed by atoms with Crippen molar-refractivity contribution in [2.24, 2.45) is 23.2 Å². The summed E-state index contributed by atoms with van der Waals surface area (Å²) in [6.07, 6.45) is 14.4. The highest BCUT2D eigenvalue weighted by atomic mass is 79.9. The van der Waals surface area contributed by atoms with Crippen LogP contribution in [0.25, 0.3) is 6.08 Å². The summed E-state index contributed by atoms with van der Waals surface area (Å²) >= 11 is 0. The standard InChI is InChI=1S/C26H29N3O2.BrH/c27-22-4-1-18(2-5-22)3-6-25(31)28-23-7-9-29(10-8-23)17-24(30)26-14-19-11-20(15-26)13-21(12-19)16-26;/h1-10,19-21H,11-17H2,(H2,27,31);1H. The van der Waals surface area contributed by atoms with E-state index in [4.69, 9.17) is 5.73 Å². The van der Waals surface area contributed by atoms with E-state index in [0.29, 0.717) is 23.7 Å². The van der Waals surface area contributed by atoms with Crippen LogP contribution >= 0.6 is 0 Å². The first-order chi connectivity index (χ1) is 15.0. The summed E-state index contributed by atoms with van der Waals surface area (Å²) in [6.45, 7) is 0.428. The van der Waals surface area contributed by atoms with E-state index < -0.39 is 0 Å². The summed E-state index contributed by atoms with van der Waals surface area (Å²) in [6, 6.07) is 11.0. The van der Waals surface area contributed by atoms with E-state index in [-0.39, 0.29) is 28.3 Å². The second-order valence-electron chi connectivity index (χ2n) is 9.87. The number of rotatable bonds is 6. The zero-order valence-electron chi connectivity index (χ0n) is 18.2. The Bertz CT molecular complexity index is 979. The Kier molecular flexibility index (Phi) is 6.52. The van der Waals surface area contributed by atoms with Crippen LogP contribution in [-0.4, -0.2) is 11.7 Å². The van der Waals surface area contributed by atoms with Gasteiger partial charge in [-0.1, -0.05) is 12.1 Å². The maximum Gasteiger partial charge on any atom is 0.248 e. The van der Waals surface area contributed by atoms with E-state index >= 15 is 0 Å². The first-order valence-corrected chi connectivity index (χ1v) is 11.3. The van der Waals surface area contributed by atoms with Crippen molar-refractivity contribution >= 4 is 29.1 Å². The van der Waals surface area contributed by atoms with Gasteiger partial charge in [0.1, 0.15) is 0 Å². The van der Waals surface area contributed by atoms with Crippen LogP contribution in [0.15, 0.2) is 54.9 Å². The number of carbonyl (C=O) groups is 2. The molecule has 6 rings (SSSR count). The average molecular weight is 496 g/mol. The molecule has 4 aliphatic carbocycles. The van der Waals surface area contributed by atoms with Gasteiger partial charge in [-0.25, -0.2) is 0 Å². The zero-order valence-corrected chi connectivity index (χ0v) is 19.8. The molecular formula is C26H30BrN3O2. The molecule has 0 spiro atoms. The Morgan fingerprint density at radius 3 is 2.09 bits per heavy atom. The van der Waals surface area contributed by atoms with Gasteiger partial charge in [0.15, 0.2) is 12.4 Å². The molecule has 1 heterocycles. The molecule has 1 amide bonds. The third-order valence-electron chi connectivity index (χ3n) is 7.48. The van der Waals surface area contributed by atoms with E-state index in [0.717, 1.165) is 42.6 Å². The number of benzene rings is 1. The second-order valence-corrected chi connectivity index (χ2v) is 9.87. The molecule has 4 bridgehead atoms. The highest BCUT2D eigenvalue weighted by Gasteiger charge is 2.54. The van der Waals surface area contributed by atoms with Gasteiger partial charge in [-0.15, -0.1) is 0 Å². The molecule has 168 valence electrons. The predicted molar refractivity (Wildman–Crippen MR) is 121 cm³/mol. The minimum atomic E-state index is -0.195. The second kappa shape index (κ2) is 9.18. The number of hydrogen-bond donors (Lipinski definition) is 2. The quantitative estimate of drug-likeness (QED) is 0.356. The van der Waals surface area contributed by atoms with Gasteiger partial charge >= 0.3 is 0 Å². The van der Waals surface area contributed by atoms with Crippen molar-refractivity contribution in [2.75, 3.05) is 11.1 Å². The summed E-state index contributed by atoms with van der Waals surface area (Å²) in [5.74, 6) is 2.54. The minimum Gasteiger partial charge on any atom is -1.00 e. The third kappa shape index (κ3) is 4.80. The van der Waals surface area contributed by atoms with Crippen LogP contribution < -0.4 is 32.6 Å². The van der Waals surface area contributed by atoms with Crippen LogP contribution in [0.4, 0.5) is 11.4 Å². The van der Waals surface area contributed by atoms with Gasteiger partial charge in [0.05, 0.1) is 5.69 Å². The van der Waals surface area contributed by atoms with E-state index in [1.165, 1.54) is 25.3 Å². The number of anilines is 2. The number of nitrogens with zero attached hydrogens (tertiary/aromatic N) is 1. The number of pyridine rings is 1. The highest BCUT2D eigenvalue weighted by molar-refractivity contribution is 6.01. The molecule has 3 N–H and O–H groups in total. The molecule has 4 fully saturated rings. The predicted octanol–water partition coefficient (Wildman–Crippen LogP) is 0.998. The molecule has 1 aromatic carbocycles. The molecule has 32 heavy (non-hydrogen) atoms. The lowest BCUT2D eigenvalue weighted by Crippen LogP contribution is -3.00. The van der Waals surface area contributed by atoms with Gasteiger partial charge in [-0.2, -0.15) is 4.57 Å². The molecule has 0 radical (unpaired) electrons. The number of nitrogens with two attached hydrogens (primary N) is 1. The summed E-state index contributed by atoms with van der Waals surface area (Å²) in [7, 11) is 0. The van der Waals surface area contributed by atoms with Gasteiger partial charge < -0.3 is 28.0 Å². The van der Waals surface area contributed by atoms with Crippen LogP contribution in [-0.2, 0) is 16.1 Å². The first-order valence-electron chi connectivity index (χ1n) is 11.3. The van der Waals surface area contributed by atoms with Crippen molar-refractivity contribution in [3.8, 4) is 0 Å². The monoisotopic (exact) mass is 495 g/mol. The molecule has 0 aliphatic heterocycles. The highest BCUT2D eigenvalue weighted by Crippen LogP contribution is 2.60. The molecule has 0 unspecified atom stereocenters. The number of carbonyl (C=O) groups excluding carboxylic acids is 2. The van der Waals surface area contributed by atoms with Gasteiger partial charge in [-0.05, 0) is 80.1 Å². The summed E-state index contributed by atoms with van der Waals surface area (Å²) in [5, 5.41) is 2.86. The maximum absolute atomic E-state index is 13.3. The van der Waals surface area contributed by atoms with Crippen LogP contribution in [0.5, 0.6) is 0 Å². The van der Waals surface area contributed by atoms with Crippen LogP contribution in [0, 0.1) is 23.2 Å². The molecule has 2 aromatic rings. The molecule has 4 aliphatic rings. The fourth-order valence-corrected chi connectivity index (χ4v) is 6.39. The summed E-state index contributed by atoms with van der Waals surface area (Å²) < 4.78 is 1.95. The number of nitrogen functional groups attached to an aromatic ring is 1. The van der Waals surface area contributed by atoms with Crippen molar-refractivity contribution in [1.82, 2.24) is 0 Å². The molecule has 0 saturated heterocycles. The van der Waals surface area contributed by atoms with Gasteiger partial charge in [0, 0.05) is 29.3 Å². The number of hydrogen-bond acceptors (Lipinski definition) is 3. The Labute approximate surface area is 199 Å². The lowest BCUT2D eigenvalue weighted by molar-refractivity contribution is -0.684. The van der Waals surface area contributed by atoms with E-state index in [1.54, 1.807) is 18.2 Å². The Hall–Kier alpha value is -2.47. The van der Waals surface area contributed by atoms with Crippen molar-refractivity contribution in [2.45, 2.75) is 45.1 Å². The number of aromatic nitrogens is 1. The molecule has 6 heteroatoms. The van der Waals surface area contributed by atoms with Gasteiger partial charge in [0.2, 0.25) is 18.2 Å². The van der Waals surface area contributed by atoms with Gasteiger partial charge in [-0.3, -0.25) is 9.59 Å². The van der Waals surface area contributed by atoms with Crippen LogP contribution in [0.1, 0.15) is 44.1 Å². The molecular weight excluding hydrogens is 466 g/mol. The van der Waals surface area contributed by atoms with Gasteiger partial charge in [0.25, 0.3) is 0 Å². The number of ketones is 1. The molecule has 4 saturated carbocycles. The molecule has 0 atom stereocenters. The maximum atomic E-state index is 13.3. The summed E-state index contributed by atoms with van der Waals surface area (Å²) in [5.41, 5.74) is 7.93. The van der Waals surface area contributed by atoms with E-state index in [1.807, 2.05) is 41.2 Å². The minimum absolute atomic E-state index is 0. The smallest absolute Gasteiger partial charge is 0.248 e. The fraction of sp³-hybridized carbons (Fsp3) is 0.423. The lowest BCUT2D eigenvalue weighted by Gasteiger charge is -2.55. The lowest BCUT2D eigenvalue weighted by atomic mass is 9.48. The molecule has 5 nitrogen and oxygen atoms in total. The normalized spacial score (nSPS) is 27.8. The van der Waals surface area contributed by atoms with Crippen molar-refractivity contribution in [3.63, 3.8) is 0 Å². The van der Waals surface area contributed by atoms with Crippen molar-refractivity contribution in [1.29, 1.82) is 0 Å². The average Bonchev–Trinajstić information content (AvgIpc) is 2.74. The van der Waals surface area contributed by atoms with Crippen molar-refractivity contribution in [3.05, 3.63) is 60.4 Å². The largest absolute Gasteiger partial charge is 1.00 e. The number of amides is 1. The SMILES string of the molecule is Nc1ccc(/C=C/C(=O)Nc2cc[n+](CC(=O)C34CC5CC(CC(C5)C3)C4)cc2)cc1.[Br-]. The Morgan fingerprint density at radius 1 is 0.969 bits per heavy atom. The number of halogens is 1. The zero-order chi connectivity index (χ0) is 21.4. The third-order valence-corrected chi connectivity index (χ3v) is 7.48. The Morgan fingerprint density at radius 2 is 1.53 bits per heavy atom. The van der Waals surface area contributed by atoms with E-state index in [9.17, 15) is 9.59 Å². The Balaban J connectivity index is 0.00000245. The van der Waals surface area contributed by atoms with E-state index in [2.05, 4.69) is 5.32 Å². The number of Topliss-reactive ketones (excluding diaryl/α,β-unsaturated/α-hetero) is 1. The molecule has 1 aromatic heterocycles. The topological polar surface area (TPSA) is 76.1 Å². The van der Waals surface area contributed by atoms with Crippen LogP contribution in [0.2, 0.25) is 0 Å². The van der Waals surface area contributed by atoms with Crippen LogP contribution in [0.3, 0.4) is 0 Å². The first kappa shape index (κ1) is 22.7. The fourth-order valence-electron chi connectivity index (χ4n) is 6.39.